The number of rotatable bonds is 8. The largest absolute Gasteiger partial charge is 0.481 e. The van der Waals surface area contributed by atoms with Gasteiger partial charge in [-0.3, -0.25) is 14.4 Å². The zero-order valence-corrected chi connectivity index (χ0v) is 17.6. The van der Waals surface area contributed by atoms with Crippen molar-refractivity contribution in [2.75, 3.05) is 19.7 Å². The molecule has 8 heteroatoms. The predicted octanol–water partition coefficient (Wildman–Crippen LogP) is 1.36. The predicted molar refractivity (Wildman–Crippen MR) is 107 cm³/mol. The minimum Gasteiger partial charge on any atom is -0.481 e. The molecule has 2 unspecified atom stereocenters. The molecule has 1 spiro atoms. The van der Waals surface area contributed by atoms with E-state index < -0.39 is 33.3 Å². The summed E-state index contributed by atoms with van der Waals surface area (Å²) in [7, 11) is 0. The fourth-order valence-corrected chi connectivity index (χ4v) is 7.76. The van der Waals surface area contributed by atoms with Crippen LogP contribution in [-0.4, -0.2) is 79.1 Å². The summed E-state index contributed by atoms with van der Waals surface area (Å²) in [6.45, 7) is 10.1. The summed E-state index contributed by atoms with van der Waals surface area (Å²) < 4.78 is -1.25. The van der Waals surface area contributed by atoms with Crippen molar-refractivity contribution in [1.82, 2.24) is 9.80 Å². The van der Waals surface area contributed by atoms with E-state index in [0.29, 0.717) is 25.8 Å². The van der Waals surface area contributed by atoms with Crippen molar-refractivity contribution in [3.8, 4) is 0 Å². The standard InChI is InChI=1S/C20H30N2O5S/c1-5-9-21(12(2)3)17(25)15-20-8-7-19(4,28-20)14(18(26)27)13(20)16(24)22(15)10-6-11-23/h5,12-15,23H,1,6-11H2,2-4H3,(H,26,27)/t13-,14-,15?,19+,20?/m0/s1. The third-order valence-electron chi connectivity index (χ3n) is 6.57. The summed E-state index contributed by atoms with van der Waals surface area (Å²) >= 11 is 1.53. The molecule has 0 radical (unpaired) electrons. The average Bonchev–Trinajstić information content (AvgIpc) is 3.18. The van der Waals surface area contributed by atoms with Crippen molar-refractivity contribution in [3.05, 3.63) is 12.7 Å². The Morgan fingerprint density at radius 1 is 1.43 bits per heavy atom. The molecule has 7 nitrogen and oxygen atoms in total. The van der Waals surface area contributed by atoms with E-state index >= 15 is 0 Å². The molecular formula is C20H30N2O5S. The zero-order chi connectivity index (χ0) is 20.9. The number of nitrogens with zero attached hydrogens (tertiary/aromatic N) is 2. The first-order valence-electron chi connectivity index (χ1n) is 9.90. The second kappa shape index (κ2) is 7.37. The summed E-state index contributed by atoms with van der Waals surface area (Å²) in [5, 5.41) is 19.2. The Hall–Kier alpha value is -1.54. The first-order valence-corrected chi connectivity index (χ1v) is 10.7. The number of carbonyl (C=O) groups is 3. The summed E-state index contributed by atoms with van der Waals surface area (Å²) in [5.41, 5.74) is 0. The van der Waals surface area contributed by atoms with Gasteiger partial charge in [-0.05, 0) is 40.0 Å². The summed E-state index contributed by atoms with van der Waals surface area (Å²) in [6, 6.07) is -0.764. The molecule has 0 aromatic rings. The van der Waals surface area contributed by atoms with Crippen molar-refractivity contribution in [3.63, 3.8) is 0 Å². The number of carboxylic acid groups (broad SMARTS) is 1. The molecule has 3 heterocycles. The maximum atomic E-state index is 13.7. The molecule has 2 bridgehead atoms. The normalized spacial score (nSPS) is 36.1. The van der Waals surface area contributed by atoms with Gasteiger partial charge in [0.2, 0.25) is 11.8 Å². The van der Waals surface area contributed by atoms with Gasteiger partial charge in [-0.15, -0.1) is 18.3 Å². The van der Waals surface area contributed by atoms with Crippen molar-refractivity contribution >= 4 is 29.5 Å². The van der Waals surface area contributed by atoms with Crippen LogP contribution >= 0.6 is 11.8 Å². The number of amides is 2. The number of thioether (sulfide) groups is 1. The van der Waals surface area contributed by atoms with E-state index in [2.05, 4.69) is 6.58 Å². The molecule has 28 heavy (non-hydrogen) atoms. The van der Waals surface area contributed by atoms with Gasteiger partial charge in [-0.1, -0.05) is 6.08 Å². The number of aliphatic hydroxyl groups is 1. The lowest BCUT2D eigenvalue weighted by atomic mass is 9.66. The average molecular weight is 411 g/mol. The van der Waals surface area contributed by atoms with Crippen LogP contribution in [0.25, 0.3) is 0 Å². The highest BCUT2D eigenvalue weighted by Gasteiger charge is 2.77. The Labute approximate surface area is 170 Å². The molecular weight excluding hydrogens is 380 g/mol. The van der Waals surface area contributed by atoms with Crippen LogP contribution in [-0.2, 0) is 14.4 Å². The number of hydrogen-bond donors (Lipinski definition) is 2. The number of aliphatic carboxylic acids is 1. The van der Waals surface area contributed by atoms with Crippen LogP contribution in [0.4, 0.5) is 0 Å². The van der Waals surface area contributed by atoms with Gasteiger partial charge in [-0.2, -0.15) is 0 Å². The van der Waals surface area contributed by atoms with Crippen molar-refractivity contribution in [2.24, 2.45) is 11.8 Å². The molecule has 2 N–H and O–H groups in total. The van der Waals surface area contributed by atoms with Gasteiger partial charge in [0.15, 0.2) is 0 Å². The van der Waals surface area contributed by atoms with E-state index in [1.807, 2.05) is 20.8 Å². The Kier molecular flexibility index (Phi) is 5.57. The van der Waals surface area contributed by atoms with Crippen LogP contribution in [0.3, 0.4) is 0 Å². The smallest absolute Gasteiger partial charge is 0.308 e. The van der Waals surface area contributed by atoms with E-state index in [1.165, 1.54) is 11.8 Å². The highest BCUT2D eigenvalue weighted by Crippen LogP contribution is 2.71. The van der Waals surface area contributed by atoms with Gasteiger partial charge in [0.25, 0.3) is 0 Å². The van der Waals surface area contributed by atoms with Gasteiger partial charge in [0.05, 0.1) is 16.6 Å². The third kappa shape index (κ3) is 2.87. The summed E-state index contributed by atoms with van der Waals surface area (Å²) in [6.07, 6.45) is 3.36. The minimum absolute atomic E-state index is 0.0646. The van der Waals surface area contributed by atoms with Crippen LogP contribution in [0.15, 0.2) is 12.7 Å². The molecule has 5 atom stereocenters. The molecule has 0 aromatic heterocycles. The first kappa shape index (κ1) is 21.2. The van der Waals surface area contributed by atoms with Gasteiger partial charge in [-0.25, -0.2) is 0 Å². The topological polar surface area (TPSA) is 98.2 Å². The van der Waals surface area contributed by atoms with Crippen LogP contribution in [0, 0.1) is 11.8 Å². The lowest BCUT2D eigenvalue weighted by Gasteiger charge is -2.38. The molecule has 0 aliphatic carbocycles. The Balaban J connectivity index is 2.07. The molecule has 3 fully saturated rings. The molecule has 2 amide bonds. The molecule has 3 rings (SSSR count). The Morgan fingerprint density at radius 3 is 2.64 bits per heavy atom. The molecule has 3 saturated heterocycles. The van der Waals surface area contributed by atoms with Gasteiger partial charge in [0.1, 0.15) is 6.04 Å². The number of fused-ring (bicyclic) bond motifs is 1. The van der Waals surface area contributed by atoms with Gasteiger partial charge >= 0.3 is 5.97 Å². The fraction of sp³-hybridized carbons (Fsp3) is 0.750. The maximum absolute atomic E-state index is 13.7. The SMILES string of the molecule is C=CCN(C(=O)C1N(CCCO)C(=O)[C@@H]2[C@@H](C(=O)O)[C@@]3(C)CCC12S3)C(C)C. The zero-order valence-electron chi connectivity index (χ0n) is 16.8. The van der Waals surface area contributed by atoms with Crippen LogP contribution in [0.5, 0.6) is 0 Å². The monoisotopic (exact) mass is 410 g/mol. The van der Waals surface area contributed by atoms with Crippen LogP contribution in [0.1, 0.15) is 40.0 Å². The minimum atomic E-state index is -0.961. The van der Waals surface area contributed by atoms with E-state index in [0.717, 1.165) is 0 Å². The van der Waals surface area contributed by atoms with Crippen LogP contribution < -0.4 is 0 Å². The number of hydrogen-bond acceptors (Lipinski definition) is 5. The van der Waals surface area contributed by atoms with Crippen LogP contribution in [0.2, 0.25) is 0 Å². The molecule has 0 saturated carbocycles. The Bertz CT molecular complexity index is 698. The quantitative estimate of drug-likeness (QED) is 0.587. The van der Waals surface area contributed by atoms with E-state index in [1.54, 1.807) is 15.9 Å². The van der Waals surface area contributed by atoms with E-state index in [4.69, 9.17) is 0 Å². The number of carbonyl (C=O) groups excluding carboxylic acids is 2. The van der Waals surface area contributed by atoms with Gasteiger partial charge in [0, 0.05) is 30.5 Å². The van der Waals surface area contributed by atoms with Crippen molar-refractivity contribution in [2.45, 2.75) is 61.6 Å². The molecule has 3 aliphatic heterocycles. The highest BCUT2D eigenvalue weighted by molar-refractivity contribution is 8.02. The lowest BCUT2D eigenvalue weighted by molar-refractivity contribution is -0.150. The molecule has 156 valence electrons. The first-order chi connectivity index (χ1) is 13.1. The Morgan fingerprint density at radius 2 is 2.11 bits per heavy atom. The maximum Gasteiger partial charge on any atom is 0.308 e. The number of likely N-dealkylation sites (tertiary alicyclic amines) is 1. The fourth-order valence-electron chi connectivity index (χ4n) is 5.41. The summed E-state index contributed by atoms with van der Waals surface area (Å²) in [4.78, 5) is 42.4. The highest BCUT2D eigenvalue weighted by atomic mass is 32.2. The van der Waals surface area contributed by atoms with Crippen molar-refractivity contribution < 1.29 is 24.6 Å². The molecule has 0 aromatic carbocycles. The second-order valence-corrected chi connectivity index (χ2v) is 10.4. The van der Waals surface area contributed by atoms with Gasteiger partial charge < -0.3 is 20.0 Å². The second-order valence-electron chi connectivity index (χ2n) is 8.55. The molecule has 3 aliphatic rings. The number of aliphatic hydroxyl groups excluding tert-OH is 1. The van der Waals surface area contributed by atoms with E-state index in [-0.39, 0.29) is 31.0 Å². The van der Waals surface area contributed by atoms with Crippen molar-refractivity contribution in [1.29, 1.82) is 0 Å². The number of carboxylic acids is 1. The van der Waals surface area contributed by atoms with E-state index in [9.17, 15) is 24.6 Å². The lowest BCUT2D eigenvalue weighted by Crippen LogP contribution is -2.56. The third-order valence-corrected chi connectivity index (χ3v) is 8.55. The summed E-state index contributed by atoms with van der Waals surface area (Å²) in [5.74, 6) is -2.85.